The highest BCUT2D eigenvalue weighted by Crippen LogP contribution is 2.27. The predicted molar refractivity (Wildman–Crippen MR) is 114 cm³/mol. The molecule has 2 heteroatoms. The summed E-state index contributed by atoms with van der Waals surface area (Å²) < 4.78 is 0. The summed E-state index contributed by atoms with van der Waals surface area (Å²) in [5.41, 5.74) is 8.07. The molecule has 0 spiro atoms. The second-order valence-corrected chi connectivity index (χ2v) is 8.24. The topological polar surface area (TPSA) is 24.4 Å². The van der Waals surface area contributed by atoms with Crippen molar-refractivity contribution in [2.24, 2.45) is 16.8 Å². The average molecular weight is 359 g/mol. The first kappa shape index (κ1) is 18.2. The minimum atomic E-state index is 0.785. The van der Waals surface area contributed by atoms with Gasteiger partial charge >= 0.3 is 0 Å². The van der Waals surface area contributed by atoms with Gasteiger partial charge in [0.1, 0.15) is 0 Å². The van der Waals surface area contributed by atoms with Crippen LogP contribution in [0.4, 0.5) is 0 Å². The van der Waals surface area contributed by atoms with Crippen LogP contribution in [0.15, 0.2) is 70.9 Å². The molecule has 0 saturated carbocycles. The molecule has 0 aliphatic carbocycles. The Bertz CT molecular complexity index is 830. The number of aliphatic imine (C=N–C) groups is 1. The van der Waals surface area contributed by atoms with E-state index in [2.05, 4.69) is 73.8 Å². The second-order valence-electron chi connectivity index (χ2n) is 8.24. The van der Waals surface area contributed by atoms with Crippen LogP contribution < -0.4 is 5.32 Å². The Balaban J connectivity index is 1.34. The average Bonchev–Trinajstić information content (AvgIpc) is 3.27. The van der Waals surface area contributed by atoms with E-state index in [4.69, 9.17) is 4.99 Å². The van der Waals surface area contributed by atoms with Crippen molar-refractivity contribution in [1.29, 1.82) is 0 Å². The molecular formula is C25H30N2. The van der Waals surface area contributed by atoms with Gasteiger partial charge in [0.05, 0.1) is 5.71 Å². The summed E-state index contributed by atoms with van der Waals surface area (Å²) in [5, 5.41) is 3.51. The van der Waals surface area contributed by atoms with Crippen molar-refractivity contribution in [3.8, 4) is 0 Å². The van der Waals surface area contributed by atoms with Gasteiger partial charge < -0.3 is 5.32 Å². The molecule has 0 aromatic heterocycles. The lowest BCUT2D eigenvalue weighted by Gasteiger charge is -2.14. The summed E-state index contributed by atoms with van der Waals surface area (Å²) in [4.78, 5) is 4.94. The molecular weight excluding hydrogens is 328 g/mol. The van der Waals surface area contributed by atoms with Crippen LogP contribution in [0.25, 0.3) is 0 Å². The van der Waals surface area contributed by atoms with Gasteiger partial charge in [0.15, 0.2) is 0 Å². The molecule has 2 aromatic rings. The van der Waals surface area contributed by atoms with E-state index in [0.29, 0.717) is 0 Å². The molecule has 0 amide bonds. The lowest BCUT2D eigenvalue weighted by Crippen LogP contribution is -2.12. The molecule has 0 bridgehead atoms. The van der Waals surface area contributed by atoms with Crippen molar-refractivity contribution >= 4 is 5.71 Å². The fourth-order valence-corrected chi connectivity index (χ4v) is 4.26. The maximum atomic E-state index is 4.94. The number of hydrogen-bond donors (Lipinski definition) is 1. The standard InChI is InChI=1S/C25H30N2/c1-18-14-25(22-6-4-3-5-7-22)27-24(18)13-12-20-8-10-21(11-9-20)15-23-17-26-16-19(23)2/h3-11,19,23,26H,12-17H2,1-2H3. The molecule has 2 unspecified atom stereocenters. The first-order valence-corrected chi connectivity index (χ1v) is 10.3. The number of hydrogen-bond acceptors (Lipinski definition) is 2. The van der Waals surface area contributed by atoms with Crippen molar-refractivity contribution in [3.05, 3.63) is 82.6 Å². The van der Waals surface area contributed by atoms with Crippen LogP contribution in [-0.4, -0.2) is 18.8 Å². The van der Waals surface area contributed by atoms with E-state index in [-0.39, 0.29) is 0 Å². The van der Waals surface area contributed by atoms with Crippen LogP contribution in [0.1, 0.15) is 43.4 Å². The van der Waals surface area contributed by atoms with E-state index in [1.165, 1.54) is 46.6 Å². The minimum Gasteiger partial charge on any atom is -0.316 e. The number of rotatable bonds is 6. The first-order valence-electron chi connectivity index (χ1n) is 10.3. The number of benzene rings is 2. The Kier molecular flexibility index (Phi) is 5.54. The van der Waals surface area contributed by atoms with E-state index < -0.39 is 0 Å². The quantitative estimate of drug-likeness (QED) is 0.755. The van der Waals surface area contributed by atoms with Gasteiger partial charge in [-0.15, -0.1) is 0 Å². The zero-order valence-electron chi connectivity index (χ0n) is 16.5. The highest BCUT2D eigenvalue weighted by atomic mass is 14.9. The van der Waals surface area contributed by atoms with Crippen LogP contribution in [0.3, 0.4) is 0 Å². The molecule has 1 N–H and O–H groups in total. The fourth-order valence-electron chi connectivity index (χ4n) is 4.26. The summed E-state index contributed by atoms with van der Waals surface area (Å²) in [7, 11) is 0. The smallest absolute Gasteiger partial charge is 0.0520 e. The highest BCUT2D eigenvalue weighted by Gasteiger charge is 2.22. The number of nitrogens with one attached hydrogen (secondary N) is 1. The lowest BCUT2D eigenvalue weighted by atomic mass is 9.90. The summed E-state index contributed by atoms with van der Waals surface area (Å²) >= 11 is 0. The van der Waals surface area contributed by atoms with Gasteiger partial charge in [0, 0.05) is 12.1 Å². The van der Waals surface area contributed by atoms with Crippen LogP contribution in [0.2, 0.25) is 0 Å². The molecule has 2 atom stereocenters. The zero-order valence-corrected chi connectivity index (χ0v) is 16.5. The Morgan fingerprint density at radius 1 is 0.926 bits per heavy atom. The molecule has 27 heavy (non-hydrogen) atoms. The second kappa shape index (κ2) is 8.22. The highest BCUT2D eigenvalue weighted by molar-refractivity contribution is 6.04. The SMILES string of the molecule is CC1=C(CCc2ccc(CC3CNCC3C)cc2)N=C(c2ccccc2)C1. The summed E-state index contributed by atoms with van der Waals surface area (Å²) in [6.45, 7) is 6.93. The first-order chi connectivity index (χ1) is 13.2. The van der Waals surface area contributed by atoms with Crippen LogP contribution in [0, 0.1) is 11.8 Å². The Morgan fingerprint density at radius 2 is 1.67 bits per heavy atom. The normalized spacial score (nSPS) is 22.4. The van der Waals surface area contributed by atoms with Gasteiger partial charge in [-0.05, 0) is 73.4 Å². The van der Waals surface area contributed by atoms with Gasteiger partial charge in [-0.3, -0.25) is 4.99 Å². The third kappa shape index (κ3) is 4.39. The Morgan fingerprint density at radius 3 is 2.37 bits per heavy atom. The van der Waals surface area contributed by atoms with E-state index in [1.807, 2.05) is 0 Å². The van der Waals surface area contributed by atoms with Gasteiger partial charge in [0.25, 0.3) is 0 Å². The van der Waals surface area contributed by atoms with Crippen molar-refractivity contribution in [2.75, 3.05) is 13.1 Å². The maximum absolute atomic E-state index is 4.94. The number of aryl methyl sites for hydroxylation is 1. The van der Waals surface area contributed by atoms with Gasteiger partial charge in [-0.2, -0.15) is 0 Å². The molecule has 2 nitrogen and oxygen atoms in total. The third-order valence-electron chi connectivity index (χ3n) is 6.15. The van der Waals surface area contributed by atoms with Crippen LogP contribution in [-0.2, 0) is 12.8 Å². The Hall–Kier alpha value is -2.19. The van der Waals surface area contributed by atoms with Crippen molar-refractivity contribution < 1.29 is 0 Å². The fraction of sp³-hybridized carbons (Fsp3) is 0.400. The molecule has 2 heterocycles. The minimum absolute atomic E-state index is 0.785. The van der Waals surface area contributed by atoms with E-state index in [9.17, 15) is 0 Å². The number of allylic oxidation sites excluding steroid dienone is 2. The Labute approximate surface area is 163 Å². The molecule has 2 aliphatic rings. The van der Waals surface area contributed by atoms with Crippen molar-refractivity contribution in [3.63, 3.8) is 0 Å². The maximum Gasteiger partial charge on any atom is 0.0520 e. The van der Waals surface area contributed by atoms with Crippen LogP contribution in [0.5, 0.6) is 0 Å². The van der Waals surface area contributed by atoms with Gasteiger partial charge in [-0.1, -0.05) is 61.5 Å². The molecule has 4 rings (SSSR count). The molecule has 2 aliphatic heterocycles. The molecule has 2 aromatic carbocycles. The largest absolute Gasteiger partial charge is 0.316 e. The number of nitrogens with zero attached hydrogens (tertiary/aromatic N) is 1. The summed E-state index contributed by atoms with van der Waals surface area (Å²) in [5.74, 6) is 1.58. The van der Waals surface area contributed by atoms with E-state index in [0.717, 1.165) is 37.6 Å². The third-order valence-corrected chi connectivity index (χ3v) is 6.15. The summed E-state index contributed by atoms with van der Waals surface area (Å²) in [6.07, 6.45) is 4.29. The van der Waals surface area contributed by atoms with E-state index >= 15 is 0 Å². The van der Waals surface area contributed by atoms with E-state index in [1.54, 1.807) is 0 Å². The van der Waals surface area contributed by atoms with Crippen LogP contribution >= 0.6 is 0 Å². The monoisotopic (exact) mass is 358 g/mol. The van der Waals surface area contributed by atoms with Crippen molar-refractivity contribution in [1.82, 2.24) is 5.32 Å². The van der Waals surface area contributed by atoms with Gasteiger partial charge in [0.2, 0.25) is 0 Å². The predicted octanol–water partition coefficient (Wildman–Crippen LogP) is 5.18. The van der Waals surface area contributed by atoms with Crippen molar-refractivity contribution in [2.45, 2.75) is 39.5 Å². The molecule has 140 valence electrons. The molecule has 0 radical (unpaired) electrons. The summed E-state index contributed by atoms with van der Waals surface area (Å²) in [6, 6.07) is 19.9. The zero-order chi connectivity index (χ0) is 18.6. The lowest BCUT2D eigenvalue weighted by molar-refractivity contribution is 0.450. The molecule has 1 saturated heterocycles. The molecule has 1 fully saturated rings. The van der Waals surface area contributed by atoms with Gasteiger partial charge in [-0.25, -0.2) is 0 Å².